The lowest BCUT2D eigenvalue weighted by Crippen LogP contribution is -2.07. The number of hydrogen-bond acceptors (Lipinski definition) is 5. The Balaban J connectivity index is 2.37. The summed E-state index contributed by atoms with van der Waals surface area (Å²) in [5.41, 5.74) is 2.92. The largest absolute Gasteiger partial charge is 0.370 e. The van der Waals surface area contributed by atoms with Crippen LogP contribution >= 0.6 is 0 Å². The average Bonchev–Trinajstić information content (AvgIpc) is 2.64. The van der Waals surface area contributed by atoms with E-state index in [0.29, 0.717) is 0 Å². The average molecular weight is 260 g/mol. The maximum atomic E-state index is 4.46. The van der Waals surface area contributed by atoms with Gasteiger partial charge in [-0.25, -0.2) is 9.97 Å². The van der Waals surface area contributed by atoms with Crippen LogP contribution in [0.2, 0.25) is 0 Å². The van der Waals surface area contributed by atoms with Crippen molar-refractivity contribution >= 4 is 17.3 Å². The molecule has 2 aromatic heterocycles. The van der Waals surface area contributed by atoms with E-state index in [2.05, 4.69) is 32.6 Å². The van der Waals surface area contributed by atoms with E-state index < -0.39 is 0 Å². The molecule has 2 N–H and O–H groups in total. The first kappa shape index (κ1) is 13.3. The minimum Gasteiger partial charge on any atom is -0.370 e. The highest BCUT2D eigenvalue weighted by atomic mass is 15.3. The minimum atomic E-state index is 0.741. The number of aromatic nitrogens is 4. The normalized spacial score (nSPS) is 10.6. The molecule has 6 heteroatoms. The van der Waals surface area contributed by atoms with Crippen molar-refractivity contribution in [1.82, 2.24) is 19.7 Å². The topological polar surface area (TPSA) is 67.7 Å². The molecule has 6 nitrogen and oxygen atoms in total. The van der Waals surface area contributed by atoms with Crippen molar-refractivity contribution in [2.24, 2.45) is 7.05 Å². The number of nitrogens with zero attached hydrogens (tertiary/aromatic N) is 4. The number of nitrogens with one attached hydrogen (secondary N) is 2. The van der Waals surface area contributed by atoms with Crippen molar-refractivity contribution in [2.75, 3.05) is 17.2 Å². The first-order chi connectivity index (χ1) is 9.01. The van der Waals surface area contributed by atoms with Crippen LogP contribution in [-0.4, -0.2) is 26.3 Å². The fourth-order valence-electron chi connectivity index (χ4n) is 1.94. The summed E-state index contributed by atoms with van der Waals surface area (Å²) in [6.07, 6.45) is 1.94. The molecular formula is C13H20N6. The Bertz CT molecular complexity index is 587. The van der Waals surface area contributed by atoms with Gasteiger partial charge in [0.05, 0.1) is 11.4 Å². The van der Waals surface area contributed by atoms with Crippen molar-refractivity contribution < 1.29 is 0 Å². The van der Waals surface area contributed by atoms with Crippen LogP contribution in [0.1, 0.15) is 24.0 Å². The van der Waals surface area contributed by atoms with E-state index in [1.165, 1.54) is 0 Å². The molecular weight excluding hydrogens is 240 g/mol. The number of aryl methyl sites for hydroxylation is 3. The molecule has 0 saturated carbocycles. The molecule has 0 aliphatic heterocycles. The molecule has 2 aromatic rings. The van der Waals surface area contributed by atoms with E-state index in [4.69, 9.17) is 0 Å². The second kappa shape index (κ2) is 5.26. The van der Waals surface area contributed by atoms with Crippen LogP contribution in [0.25, 0.3) is 0 Å². The highest BCUT2D eigenvalue weighted by Crippen LogP contribution is 2.24. The van der Waals surface area contributed by atoms with E-state index in [-0.39, 0.29) is 0 Å². The molecule has 0 aliphatic carbocycles. The van der Waals surface area contributed by atoms with Gasteiger partial charge in [0.2, 0.25) is 0 Å². The van der Waals surface area contributed by atoms with Crippen molar-refractivity contribution in [3.8, 4) is 0 Å². The van der Waals surface area contributed by atoms with Gasteiger partial charge in [0, 0.05) is 25.4 Å². The molecule has 102 valence electrons. The Labute approximate surface area is 113 Å². The highest BCUT2D eigenvalue weighted by molar-refractivity contribution is 5.65. The van der Waals surface area contributed by atoms with E-state index in [0.717, 1.165) is 40.9 Å². The standard InChI is InChI=1S/C13H20N6/c1-6-14-12-8(2)13(16-10(4)15-12)17-11-7-19(5)18-9(11)3/h7H,6H2,1-5H3,(H2,14,15,16,17). The predicted octanol–water partition coefficient (Wildman–Crippen LogP) is 2.31. The van der Waals surface area contributed by atoms with Gasteiger partial charge in [-0.2, -0.15) is 5.10 Å². The van der Waals surface area contributed by atoms with Gasteiger partial charge in [-0.15, -0.1) is 0 Å². The van der Waals surface area contributed by atoms with Gasteiger partial charge in [0.25, 0.3) is 0 Å². The van der Waals surface area contributed by atoms with Crippen LogP contribution in [0.15, 0.2) is 6.20 Å². The van der Waals surface area contributed by atoms with Gasteiger partial charge in [-0.05, 0) is 27.7 Å². The van der Waals surface area contributed by atoms with Crippen LogP contribution in [0.5, 0.6) is 0 Å². The molecule has 0 unspecified atom stereocenters. The third kappa shape index (κ3) is 2.83. The maximum Gasteiger partial charge on any atom is 0.139 e. The van der Waals surface area contributed by atoms with Crippen LogP contribution in [0.4, 0.5) is 17.3 Å². The molecule has 2 heterocycles. The lowest BCUT2D eigenvalue weighted by atomic mass is 10.3. The van der Waals surface area contributed by atoms with Gasteiger partial charge in [0.1, 0.15) is 17.5 Å². The van der Waals surface area contributed by atoms with Gasteiger partial charge < -0.3 is 10.6 Å². The SMILES string of the molecule is CCNc1nc(C)nc(Nc2cn(C)nc2C)c1C. The first-order valence-corrected chi connectivity index (χ1v) is 6.37. The first-order valence-electron chi connectivity index (χ1n) is 6.37. The van der Waals surface area contributed by atoms with Crippen LogP contribution in [-0.2, 0) is 7.05 Å². The molecule has 0 aromatic carbocycles. The molecule has 0 radical (unpaired) electrons. The molecule has 0 amide bonds. The molecule has 0 spiro atoms. The summed E-state index contributed by atoms with van der Waals surface area (Å²) in [6.45, 7) is 8.75. The van der Waals surface area contributed by atoms with Gasteiger partial charge in [-0.3, -0.25) is 4.68 Å². The molecule has 0 fully saturated rings. The Morgan fingerprint density at radius 3 is 2.42 bits per heavy atom. The number of hydrogen-bond donors (Lipinski definition) is 2. The lowest BCUT2D eigenvalue weighted by Gasteiger charge is -2.13. The van der Waals surface area contributed by atoms with E-state index >= 15 is 0 Å². The van der Waals surface area contributed by atoms with Crippen LogP contribution < -0.4 is 10.6 Å². The molecule has 0 aliphatic rings. The fraction of sp³-hybridized carbons (Fsp3) is 0.462. The highest BCUT2D eigenvalue weighted by Gasteiger charge is 2.11. The molecule has 19 heavy (non-hydrogen) atoms. The van der Waals surface area contributed by atoms with Crippen molar-refractivity contribution in [3.63, 3.8) is 0 Å². The zero-order valence-corrected chi connectivity index (χ0v) is 12.1. The number of anilines is 3. The predicted molar refractivity (Wildman–Crippen MR) is 76.9 cm³/mol. The van der Waals surface area contributed by atoms with Gasteiger partial charge in [0.15, 0.2) is 0 Å². The Morgan fingerprint density at radius 2 is 1.84 bits per heavy atom. The number of rotatable bonds is 4. The maximum absolute atomic E-state index is 4.46. The van der Waals surface area contributed by atoms with Crippen molar-refractivity contribution in [3.05, 3.63) is 23.3 Å². The summed E-state index contributed by atoms with van der Waals surface area (Å²) in [7, 11) is 1.90. The van der Waals surface area contributed by atoms with Crippen LogP contribution in [0.3, 0.4) is 0 Å². The smallest absolute Gasteiger partial charge is 0.139 e. The monoisotopic (exact) mass is 260 g/mol. The summed E-state index contributed by atoms with van der Waals surface area (Å²) in [5.74, 6) is 2.43. The van der Waals surface area contributed by atoms with E-state index in [1.54, 1.807) is 4.68 Å². The summed E-state index contributed by atoms with van der Waals surface area (Å²) < 4.78 is 1.78. The third-order valence-electron chi connectivity index (χ3n) is 2.87. The summed E-state index contributed by atoms with van der Waals surface area (Å²) in [4.78, 5) is 8.87. The second-order valence-electron chi connectivity index (χ2n) is 4.55. The molecule has 0 saturated heterocycles. The van der Waals surface area contributed by atoms with E-state index in [1.807, 2.05) is 34.0 Å². The molecule has 0 atom stereocenters. The third-order valence-corrected chi connectivity index (χ3v) is 2.87. The molecule has 0 bridgehead atoms. The minimum absolute atomic E-state index is 0.741. The fourth-order valence-corrected chi connectivity index (χ4v) is 1.94. The summed E-state index contributed by atoms with van der Waals surface area (Å²) in [5, 5.41) is 10.9. The summed E-state index contributed by atoms with van der Waals surface area (Å²) >= 11 is 0. The van der Waals surface area contributed by atoms with Crippen molar-refractivity contribution in [1.29, 1.82) is 0 Å². The Morgan fingerprint density at radius 1 is 1.16 bits per heavy atom. The second-order valence-corrected chi connectivity index (χ2v) is 4.55. The Hall–Kier alpha value is -2.11. The zero-order valence-electron chi connectivity index (χ0n) is 12.1. The van der Waals surface area contributed by atoms with E-state index in [9.17, 15) is 0 Å². The quantitative estimate of drug-likeness (QED) is 0.883. The van der Waals surface area contributed by atoms with Gasteiger partial charge >= 0.3 is 0 Å². The van der Waals surface area contributed by atoms with Crippen LogP contribution in [0, 0.1) is 20.8 Å². The van der Waals surface area contributed by atoms with Crippen molar-refractivity contribution in [2.45, 2.75) is 27.7 Å². The summed E-state index contributed by atoms with van der Waals surface area (Å²) in [6, 6.07) is 0. The zero-order chi connectivity index (χ0) is 14.0. The lowest BCUT2D eigenvalue weighted by molar-refractivity contribution is 0.756. The molecule has 2 rings (SSSR count). The van der Waals surface area contributed by atoms with Gasteiger partial charge in [-0.1, -0.05) is 0 Å². The Kier molecular flexibility index (Phi) is 3.69.